The minimum Gasteiger partial charge on any atom is -0.490 e. The van der Waals surface area contributed by atoms with Gasteiger partial charge in [-0.1, -0.05) is 23.7 Å². The third-order valence-electron chi connectivity index (χ3n) is 11.4. The summed E-state index contributed by atoms with van der Waals surface area (Å²) < 4.78 is 6.11. The second-order valence-electron chi connectivity index (χ2n) is 15.3. The number of aromatic nitrogens is 3. The number of hydrogen-bond donors (Lipinski definition) is 2. The highest BCUT2D eigenvalue weighted by atomic mass is 35.5. The summed E-state index contributed by atoms with van der Waals surface area (Å²) in [7, 11) is 0. The average Bonchev–Trinajstić information content (AvgIpc) is 3.20. The van der Waals surface area contributed by atoms with Gasteiger partial charge in [-0.05, 0) is 93.2 Å². The number of rotatable bonds is 12. The van der Waals surface area contributed by atoms with Gasteiger partial charge in [-0.15, -0.1) is 10.2 Å². The van der Waals surface area contributed by atoms with Crippen LogP contribution < -0.4 is 25.2 Å². The Kier molecular flexibility index (Phi) is 12.7. The van der Waals surface area contributed by atoms with Gasteiger partial charge in [-0.25, -0.2) is 9.83 Å². The molecule has 7 rings (SSSR count). The number of Topliss-reactive ketones (excluding diaryl/α,β-unsaturated/α-hetero) is 1. The summed E-state index contributed by atoms with van der Waals surface area (Å²) >= 11 is 6.16. The second-order valence-corrected chi connectivity index (χ2v) is 15.8. The summed E-state index contributed by atoms with van der Waals surface area (Å²) in [6, 6.07) is 13.9. The van der Waals surface area contributed by atoms with Gasteiger partial charge >= 0.3 is 0 Å². The molecule has 3 aromatic rings. The minimum absolute atomic E-state index is 0.0339. The van der Waals surface area contributed by atoms with Crippen molar-refractivity contribution in [2.24, 2.45) is 11.8 Å². The van der Waals surface area contributed by atoms with Crippen LogP contribution in [0.4, 0.5) is 17.3 Å². The highest BCUT2D eigenvalue weighted by molar-refractivity contribution is 6.33. The number of ether oxygens (including phenoxy) is 1. The first kappa shape index (κ1) is 39.1. The lowest BCUT2D eigenvalue weighted by Crippen LogP contribution is -2.52. The quantitative estimate of drug-likeness (QED) is 0.148. The molecule has 2 aromatic heterocycles. The number of halogens is 1. The van der Waals surface area contributed by atoms with Crippen LogP contribution in [0.15, 0.2) is 48.5 Å². The van der Waals surface area contributed by atoms with E-state index in [4.69, 9.17) is 27.9 Å². The molecule has 14 nitrogen and oxygen atoms in total. The maximum atomic E-state index is 13.1. The molecule has 3 amide bonds. The zero-order chi connectivity index (χ0) is 39.0. The van der Waals surface area contributed by atoms with Crippen molar-refractivity contribution in [2.75, 3.05) is 55.6 Å². The maximum Gasteiger partial charge on any atom is 0.249 e. The van der Waals surface area contributed by atoms with Crippen LogP contribution in [-0.4, -0.2) is 102 Å². The summed E-state index contributed by atoms with van der Waals surface area (Å²) in [6.07, 6.45) is 6.80. The highest BCUT2D eigenvalue weighted by Gasteiger charge is 2.29. The average molecular weight is 782 g/mol. The van der Waals surface area contributed by atoms with E-state index in [9.17, 15) is 19.2 Å². The molecule has 4 aliphatic rings. The number of ketones is 1. The Morgan fingerprint density at radius 3 is 2.34 bits per heavy atom. The SMILES string of the molecule is [C-]#[N+]c1ccc(OC2CCC(CC(=O)c3ccc(N4CCC(CN5CCN(c6cccc(CC(=O)NC7CCC(=O)NC7=O)n6)CC5)CC4)nn3)CC2)cc1Cl. The number of pyridine rings is 1. The fourth-order valence-electron chi connectivity index (χ4n) is 8.16. The van der Waals surface area contributed by atoms with E-state index in [1.54, 1.807) is 18.2 Å². The smallest absolute Gasteiger partial charge is 0.249 e. The normalized spacial score (nSPS) is 22.2. The topological polar surface area (TPSA) is 154 Å². The number of imide groups is 1. The molecule has 2 N–H and O–H groups in total. The van der Waals surface area contributed by atoms with E-state index in [-0.39, 0.29) is 36.5 Å². The Hall–Kier alpha value is -5.13. The molecule has 3 aliphatic heterocycles. The second kappa shape index (κ2) is 18.2. The molecule has 3 saturated heterocycles. The lowest BCUT2D eigenvalue weighted by atomic mass is 9.84. The lowest BCUT2D eigenvalue weighted by Gasteiger charge is -2.39. The van der Waals surface area contributed by atoms with Gasteiger partial charge in [-0.2, -0.15) is 0 Å². The van der Waals surface area contributed by atoms with Crippen LogP contribution >= 0.6 is 11.6 Å². The van der Waals surface area contributed by atoms with Crippen LogP contribution in [0, 0.1) is 18.4 Å². The molecule has 1 aromatic carbocycles. The summed E-state index contributed by atoms with van der Waals surface area (Å²) in [6.45, 7) is 13.6. The first-order valence-corrected chi connectivity index (χ1v) is 20.1. The molecule has 294 valence electrons. The van der Waals surface area contributed by atoms with Crippen LogP contribution in [0.2, 0.25) is 5.02 Å². The molecular formula is C41H48ClN9O5. The van der Waals surface area contributed by atoms with Gasteiger partial charge in [0.25, 0.3) is 0 Å². The number of hydrogen-bond acceptors (Lipinski definition) is 11. The fraction of sp³-hybridized carbons (Fsp3) is 0.512. The predicted octanol–water partition coefficient (Wildman–Crippen LogP) is 4.79. The van der Waals surface area contributed by atoms with Crippen molar-refractivity contribution in [3.05, 3.63) is 76.4 Å². The number of benzene rings is 1. The number of piperidine rings is 2. The molecule has 1 aliphatic carbocycles. The Morgan fingerprint density at radius 1 is 0.875 bits per heavy atom. The number of amides is 3. The van der Waals surface area contributed by atoms with E-state index >= 15 is 0 Å². The third kappa shape index (κ3) is 10.2. The van der Waals surface area contributed by atoms with E-state index in [0.717, 1.165) is 96.0 Å². The zero-order valence-corrected chi connectivity index (χ0v) is 32.3. The standard InChI is InChI=1S/C41H48ClN9O5/c1-43-33-10-9-31(25-32(33)42)56-30-7-5-27(6-8-30)23-36(52)34-11-13-38(48-47-34)50-17-15-28(16-18-50)26-49-19-21-51(22-20-49)37-4-2-3-29(44-37)24-40(54)45-35-12-14-39(53)46-41(35)55/h2-4,9-11,13,25,27-28,30,35H,5-8,12,14-24,26H2,(H,45,54)(H,46,53,55). The minimum atomic E-state index is -0.693. The molecule has 1 atom stereocenters. The summed E-state index contributed by atoms with van der Waals surface area (Å²) in [5.41, 5.74) is 1.48. The monoisotopic (exact) mass is 781 g/mol. The highest BCUT2D eigenvalue weighted by Crippen LogP contribution is 2.34. The van der Waals surface area contributed by atoms with Gasteiger partial charge in [0.05, 0.1) is 29.8 Å². The van der Waals surface area contributed by atoms with Crippen LogP contribution in [-0.2, 0) is 20.8 Å². The van der Waals surface area contributed by atoms with Crippen molar-refractivity contribution >= 4 is 52.4 Å². The molecular weight excluding hydrogens is 734 g/mol. The van der Waals surface area contributed by atoms with Gasteiger partial charge in [0.15, 0.2) is 11.6 Å². The Bertz CT molecular complexity index is 1930. The van der Waals surface area contributed by atoms with Gasteiger partial charge in [0.1, 0.15) is 23.3 Å². The van der Waals surface area contributed by atoms with Crippen molar-refractivity contribution in [3.8, 4) is 5.75 Å². The van der Waals surface area contributed by atoms with Crippen molar-refractivity contribution in [1.29, 1.82) is 0 Å². The Morgan fingerprint density at radius 2 is 1.64 bits per heavy atom. The van der Waals surface area contributed by atoms with Crippen LogP contribution in [0.5, 0.6) is 5.75 Å². The van der Waals surface area contributed by atoms with Gasteiger partial charge in [0.2, 0.25) is 23.4 Å². The van der Waals surface area contributed by atoms with Gasteiger partial charge in [-0.3, -0.25) is 29.4 Å². The van der Waals surface area contributed by atoms with E-state index in [1.165, 1.54) is 0 Å². The van der Waals surface area contributed by atoms with E-state index in [2.05, 4.69) is 40.4 Å². The van der Waals surface area contributed by atoms with Crippen molar-refractivity contribution < 1.29 is 23.9 Å². The molecule has 15 heteroatoms. The lowest BCUT2D eigenvalue weighted by molar-refractivity contribution is -0.137. The van der Waals surface area contributed by atoms with Crippen LogP contribution in [0.25, 0.3) is 4.85 Å². The molecule has 56 heavy (non-hydrogen) atoms. The number of anilines is 2. The van der Waals surface area contributed by atoms with Crippen molar-refractivity contribution in [2.45, 2.75) is 76.4 Å². The zero-order valence-electron chi connectivity index (χ0n) is 31.5. The molecule has 0 bridgehead atoms. The van der Waals surface area contributed by atoms with Crippen molar-refractivity contribution in [3.63, 3.8) is 0 Å². The van der Waals surface area contributed by atoms with Gasteiger partial charge in [0, 0.05) is 58.7 Å². The molecule has 5 heterocycles. The van der Waals surface area contributed by atoms with Gasteiger partial charge < -0.3 is 19.9 Å². The Balaban J connectivity index is 0.792. The van der Waals surface area contributed by atoms with Crippen LogP contribution in [0.3, 0.4) is 0 Å². The third-order valence-corrected chi connectivity index (χ3v) is 11.7. The van der Waals surface area contributed by atoms with Crippen LogP contribution in [0.1, 0.15) is 74.0 Å². The number of carbonyl (C=O) groups is 4. The molecule has 4 fully saturated rings. The predicted molar refractivity (Wildman–Crippen MR) is 211 cm³/mol. The molecule has 1 saturated carbocycles. The summed E-state index contributed by atoms with van der Waals surface area (Å²) in [5, 5.41) is 14.2. The van der Waals surface area contributed by atoms with Crippen molar-refractivity contribution in [1.82, 2.24) is 30.7 Å². The summed E-state index contributed by atoms with van der Waals surface area (Å²) in [5.74, 6) is 2.20. The number of nitrogens with one attached hydrogen (secondary N) is 2. The number of carbonyl (C=O) groups excluding carboxylic acids is 4. The maximum absolute atomic E-state index is 13.1. The Labute approximate surface area is 332 Å². The largest absolute Gasteiger partial charge is 0.490 e. The van der Waals surface area contributed by atoms with E-state index < -0.39 is 11.9 Å². The van der Waals surface area contributed by atoms with E-state index in [0.29, 0.717) is 52.5 Å². The fourth-order valence-corrected chi connectivity index (χ4v) is 8.37. The first-order valence-electron chi connectivity index (χ1n) is 19.7. The molecule has 0 spiro atoms. The number of piperazine rings is 1. The molecule has 0 radical (unpaired) electrons. The first-order chi connectivity index (χ1) is 27.2. The number of nitrogens with zero attached hydrogens (tertiary/aromatic N) is 7. The summed E-state index contributed by atoms with van der Waals surface area (Å²) in [4.78, 5) is 64.3. The molecule has 1 unspecified atom stereocenters. The van der Waals surface area contributed by atoms with E-state index in [1.807, 2.05) is 30.3 Å².